The summed E-state index contributed by atoms with van der Waals surface area (Å²) in [6, 6.07) is 0. The lowest BCUT2D eigenvalue weighted by Gasteiger charge is -2.63. The Kier molecular flexibility index (Phi) is 6.03. The van der Waals surface area contributed by atoms with Gasteiger partial charge in [0, 0.05) is 0 Å². The van der Waals surface area contributed by atoms with Gasteiger partial charge in [-0.05, 0) is 128 Å². The van der Waals surface area contributed by atoms with Gasteiger partial charge in [-0.3, -0.25) is 0 Å². The first-order valence-corrected chi connectivity index (χ1v) is 14.6. The molecule has 0 radical (unpaired) electrons. The lowest BCUT2D eigenvalue weighted by Crippen LogP contribution is -2.57. The third-order valence-corrected chi connectivity index (χ3v) is 12.0. The van der Waals surface area contributed by atoms with Crippen LogP contribution in [0.3, 0.4) is 0 Å². The molecule has 1 heteroatoms. The highest BCUT2D eigenvalue weighted by atomic mass is 16.3. The average molecular weight is 453 g/mol. The molecule has 0 aromatic heterocycles. The summed E-state index contributed by atoms with van der Waals surface area (Å²) >= 11 is 0. The highest BCUT2D eigenvalue weighted by molar-refractivity contribution is 5.38. The van der Waals surface area contributed by atoms with Crippen LogP contribution in [0.4, 0.5) is 0 Å². The zero-order valence-electron chi connectivity index (χ0n) is 22.6. The monoisotopic (exact) mass is 452 g/mol. The number of hydrogen-bond donors (Lipinski definition) is 1. The number of fused-ring (bicyclic) bond motifs is 6. The zero-order valence-corrected chi connectivity index (χ0v) is 22.6. The molecule has 1 N–H and O–H groups in total. The topological polar surface area (TPSA) is 20.2 Å². The smallest absolute Gasteiger partial charge is 0.0653 e. The highest BCUT2D eigenvalue weighted by Crippen LogP contribution is 2.73. The van der Waals surface area contributed by atoms with E-state index in [0.717, 1.165) is 36.0 Å². The minimum atomic E-state index is -0.505. The molecule has 1 nitrogen and oxygen atoms in total. The van der Waals surface area contributed by atoms with Crippen molar-refractivity contribution in [2.75, 3.05) is 0 Å². The van der Waals surface area contributed by atoms with Crippen LogP contribution in [0.5, 0.6) is 0 Å². The van der Waals surface area contributed by atoms with Gasteiger partial charge in [-0.25, -0.2) is 0 Å². The number of hydrogen-bond acceptors (Lipinski definition) is 1. The molecule has 9 unspecified atom stereocenters. The standard InChI is InChI=1S/C32H52O/c1-22(2)10-9-17-31(6,33)27-13-12-25-28-26(15-18-30(25,27)5)29(4)16-8-7-11-24(29)21-32(28)19-14-23(3)20-32/h7,11,21-23,25-28,33H,8-10,12-20H2,1-6H3. The molecule has 186 valence electrons. The molecule has 0 saturated heterocycles. The molecule has 0 aromatic rings. The Morgan fingerprint density at radius 2 is 1.85 bits per heavy atom. The van der Waals surface area contributed by atoms with Gasteiger partial charge >= 0.3 is 0 Å². The van der Waals surface area contributed by atoms with Crippen LogP contribution in [0, 0.1) is 51.8 Å². The molecule has 0 bridgehead atoms. The summed E-state index contributed by atoms with van der Waals surface area (Å²) < 4.78 is 0. The molecule has 9 atom stereocenters. The van der Waals surface area contributed by atoms with Gasteiger partial charge in [-0.1, -0.05) is 65.7 Å². The third kappa shape index (κ3) is 3.73. The number of allylic oxidation sites excluding steroid dienone is 4. The van der Waals surface area contributed by atoms with Crippen molar-refractivity contribution in [2.24, 2.45) is 51.8 Å². The average Bonchev–Trinajstić information content (AvgIpc) is 3.28. The van der Waals surface area contributed by atoms with Gasteiger partial charge in [0.25, 0.3) is 0 Å². The molecular formula is C32H52O. The molecule has 1 spiro atoms. The molecule has 0 heterocycles. The molecule has 33 heavy (non-hydrogen) atoms. The predicted molar refractivity (Wildman–Crippen MR) is 140 cm³/mol. The van der Waals surface area contributed by atoms with Gasteiger partial charge in [0.1, 0.15) is 0 Å². The summed E-state index contributed by atoms with van der Waals surface area (Å²) in [6.45, 7) is 14.6. The van der Waals surface area contributed by atoms with E-state index in [1.807, 2.05) is 0 Å². The van der Waals surface area contributed by atoms with E-state index in [1.54, 1.807) is 5.57 Å². The fourth-order valence-corrected chi connectivity index (χ4v) is 10.5. The summed E-state index contributed by atoms with van der Waals surface area (Å²) in [6.07, 6.45) is 23.4. The van der Waals surface area contributed by atoms with Crippen LogP contribution in [0.1, 0.15) is 119 Å². The highest BCUT2D eigenvalue weighted by Gasteiger charge is 2.66. The first kappa shape index (κ1) is 24.1. The Balaban J connectivity index is 1.49. The molecule has 0 amide bonds. The molecule has 3 fully saturated rings. The van der Waals surface area contributed by atoms with Gasteiger partial charge in [-0.2, -0.15) is 0 Å². The van der Waals surface area contributed by atoms with Crippen molar-refractivity contribution in [1.29, 1.82) is 0 Å². The van der Waals surface area contributed by atoms with Gasteiger partial charge < -0.3 is 5.11 Å². The second kappa shape index (κ2) is 8.25. The normalized spacial score (nSPS) is 48.4. The SMILES string of the molecule is CC(C)CCCC(C)(O)C1CCC2C3C(CCC21C)C1(C)CCC=CC1=CC31CCC(C)C1. The van der Waals surface area contributed by atoms with Crippen molar-refractivity contribution in [3.8, 4) is 0 Å². The molecule has 5 aliphatic carbocycles. The molecule has 0 aromatic carbocycles. The van der Waals surface area contributed by atoms with Gasteiger partial charge in [-0.15, -0.1) is 0 Å². The Bertz CT molecular complexity index is 803. The van der Waals surface area contributed by atoms with Gasteiger partial charge in [0.15, 0.2) is 0 Å². The summed E-state index contributed by atoms with van der Waals surface area (Å²) in [5.41, 5.74) is 2.31. The minimum absolute atomic E-state index is 0.313. The van der Waals surface area contributed by atoms with E-state index >= 15 is 0 Å². The van der Waals surface area contributed by atoms with Gasteiger partial charge in [0.2, 0.25) is 0 Å². The largest absolute Gasteiger partial charge is 0.390 e. The fourth-order valence-electron chi connectivity index (χ4n) is 10.5. The lowest BCUT2D eigenvalue weighted by molar-refractivity contribution is -0.126. The molecular weight excluding hydrogens is 400 g/mol. The second-order valence-electron chi connectivity index (χ2n) is 14.6. The third-order valence-electron chi connectivity index (χ3n) is 12.0. The van der Waals surface area contributed by atoms with E-state index in [2.05, 4.69) is 59.8 Å². The van der Waals surface area contributed by atoms with E-state index in [0.29, 0.717) is 22.2 Å². The summed E-state index contributed by atoms with van der Waals surface area (Å²) in [5.74, 6) is 4.55. The summed E-state index contributed by atoms with van der Waals surface area (Å²) in [4.78, 5) is 0. The van der Waals surface area contributed by atoms with Gasteiger partial charge in [0.05, 0.1) is 5.60 Å². The van der Waals surface area contributed by atoms with E-state index in [4.69, 9.17) is 0 Å². The summed E-state index contributed by atoms with van der Waals surface area (Å²) in [7, 11) is 0. The van der Waals surface area contributed by atoms with Crippen molar-refractivity contribution in [3.63, 3.8) is 0 Å². The Morgan fingerprint density at radius 1 is 1.06 bits per heavy atom. The Morgan fingerprint density at radius 3 is 2.55 bits per heavy atom. The van der Waals surface area contributed by atoms with Crippen molar-refractivity contribution >= 4 is 0 Å². The Labute approximate surface area is 204 Å². The van der Waals surface area contributed by atoms with E-state index < -0.39 is 5.60 Å². The van der Waals surface area contributed by atoms with Crippen LogP contribution in [-0.4, -0.2) is 10.7 Å². The fraction of sp³-hybridized carbons (Fsp3) is 0.875. The Hall–Kier alpha value is -0.560. The minimum Gasteiger partial charge on any atom is -0.390 e. The quantitative estimate of drug-likeness (QED) is 0.442. The number of aliphatic hydroxyl groups is 1. The first-order chi connectivity index (χ1) is 15.5. The zero-order chi connectivity index (χ0) is 23.6. The predicted octanol–water partition coefficient (Wildman–Crippen LogP) is 8.73. The second-order valence-corrected chi connectivity index (χ2v) is 14.6. The maximum atomic E-state index is 11.8. The lowest BCUT2D eigenvalue weighted by atomic mass is 9.42. The van der Waals surface area contributed by atoms with Crippen molar-refractivity contribution in [2.45, 2.75) is 124 Å². The maximum Gasteiger partial charge on any atom is 0.0653 e. The van der Waals surface area contributed by atoms with Crippen molar-refractivity contribution in [1.82, 2.24) is 0 Å². The van der Waals surface area contributed by atoms with E-state index in [1.165, 1.54) is 70.6 Å². The summed E-state index contributed by atoms with van der Waals surface area (Å²) in [5, 5.41) is 11.8. The van der Waals surface area contributed by atoms with Crippen LogP contribution in [0.15, 0.2) is 23.8 Å². The van der Waals surface area contributed by atoms with E-state index in [-0.39, 0.29) is 0 Å². The molecule has 0 aliphatic heterocycles. The van der Waals surface area contributed by atoms with Crippen LogP contribution >= 0.6 is 0 Å². The van der Waals surface area contributed by atoms with Crippen LogP contribution < -0.4 is 0 Å². The number of rotatable bonds is 5. The van der Waals surface area contributed by atoms with Crippen LogP contribution in [0.25, 0.3) is 0 Å². The van der Waals surface area contributed by atoms with Crippen LogP contribution in [-0.2, 0) is 0 Å². The molecule has 5 rings (SSSR count). The van der Waals surface area contributed by atoms with E-state index in [9.17, 15) is 5.11 Å². The van der Waals surface area contributed by atoms with Crippen LogP contribution in [0.2, 0.25) is 0 Å². The first-order valence-electron chi connectivity index (χ1n) is 14.6. The molecule has 5 aliphatic rings. The van der Waals surface area contributed by atoms with Crippen molar-refractivity contribution < 1.29 is 5.11 Å². The maximum absolute atomic E-state index is 11.8. The van der Waals surface area contributed by atoms with Crippen molar-refractivity contribution in [3.05, 3.63) is 23.8 Å². The molecule has 3 saturated carbocycles.